The van der Waals surface area contributed by atoms with Gasteiger partial charge in [0.15, 0.2) is 0 Å². The molecule has 0 heterocycles. The largest absolute Gasteiger partial charge is 0.309 e. The van der Waals surface area contributed by atoms with Gasteiger partial charge in [0, 0.05) is 15.6 Å². The van der Waals surface area contributed by atoms with Crippen LogP contribution in [0.4, 0.5) is 4.39 Å². The number of rotatable bonds is 3. The zero-order valence-corrected chi connectivity index (χ0v) is 12.2. The van der Waals surface area contributed by atoms with Crippen molar-refractivity contribution in [2.45, 2.75) is 13.0 Å². The van der Waals surface area contributed by atoms with E-state index in [0.717, 1.165) is 11.1 Å². The van der Waals surface area contributed by atoms with Crippen LogP contribution in [0, 0.1) is 12.7 Å². The predicted octanol–water partition coefficient (Wildman–Crippen LogP) is 4.75. The summed E-state index contributed by atoms with van der Waals surface area (Å²) < 4.78 is 14.0. The first-order valence-electron chi connectivity index (χ1n) is 5.92. The summed E-state index contributed by atoms with van der Waals surface area (Å²) in [4.78, 5) is 0. The molecule has 19 heavy (non-hydrogen) atoms. The minimum atomic E-state index is -0.328. The van der Waals surface area contributed by atoms with Gasteiger partial charge in [-0.2, -0.15) is 0 Å². The molecule has 100 valence electrons. The molecule has 1 unspecified atom stereocenters. The van der Waals surface area contributed by atoms with Gasteiger partial charge in [0.25, 0.3) is 0 Å². The summed E-state index contributed by atoms with van der Waals surface area (Å²) in [5, 5.41) is 4.18. The second kappa shape index (κ2) is 5.91. The molecule has 2 aromatic carbocycles. The number of hydrogen-bond donors (Lipinski definition) is 1. The molecule has 2 rings (SSSR count). The van der Waals surface area contributed by atoms with Gasteiger partial charge in [-0.1, -0.05) is 41.4 Å². The molecule has 1 nitrogen and oxygen atoms in total. The van der Waals surface area contributed by atoms with E-state index in [1.807, 2.05) is 25.1 Å². The van der Waals surface area contributed by atoms with Gasteiger partial charge >= 0.3 is 0 Å². The van der Waals surface area contributed by atoms with E-state index in [0.29, 0.717) is 15.6 Å². The summed E-state index contributed by atoms with van der Waals surface area (Å²) in [5.74, 6) is -0.328. The van der Waals surface area contributed by atoms with Crippen LogP contribution in [-0.2, 0) is 0 Å². The van der Waals surface area contributed by atoms with Crippen LogP contribution in [0.5, 0.6) is 0 Å². The van der Waals surface area contributed by atoms with Crippen molar-refractivity contribution in [3.05, 3.63) is 69.0 Å². The van der Waals surface area contributed by atoms with Crippen LogP contribution < -0.4 is 5.32 Å². The Morgan fingerprint density at radius 3 is 2.47 bits per heavy atom. The molecule has 0 aliphatic carbocycles. The first kappa shape index (κ1) is 14.3. The second-order valence-corrected chi connectivity index (χ2v) is 5.19. The molecule has 1 atom stereocenters. The van der Waals surface area contributed by atoms with Gasteiger partial charge < -0.3 is 5.32 Å². The van der Waals surface area contributed by atoms with Crippen molar-refractivity contribution >= 4 is 23.2 Å². The van der Waals surface area contributed by atoms with Gasteiger partial charge in [-0.15, -0.1) is 0 Å². The summed E-state index contributed by atoms with van der Waals surface area (Å²) in [6.07, 6.45) is 0. The van der Waals surface area contributed by atoms with Crippen molar-refractivity contribution in [3.63, 3.8) is 0 Å². The first-order chi connectivity index (χ1) is 9.04. The number of benzene rings is 2. The Balaban J connectivity index is 2.53. The lowest BCUT2D eigenvalue weighted by molar-refractivity contribution is 0.575. The molecule has 0 saturated heterocycles. The molecule has 0 radical (unpaired) electrons. The van der Waals surface area contributed by atoms with Crippen molar-refractivity contribution < 1.29 is 4.39 Å². The third-order valence-corrected chi connectivity index (χ3v) is 3.83. The highest BCUT2D eigenvalue weighted by atomic mass is 35.5. The lowest BCUT2D eigenvalue weighted by Crippen LogP contribution is -2.20. The van der Waals surface area contributed by atoms with Gasteiger partial charge in [-0.3, -0.25) is 0 Å². The summed E-state index contributed by atoms with van der Waals surface area (Å²) >= 11 is 11.9. The summed E-state index contributed by atoms with van der Waals surface area (Å²) in [6, 6.07) is 10.1. The average molecular weight is 298 g/mol. The van der Waals surface area contributed by atoms with Gasteiger partial charge in [-0.25, -0.2) is 4.39 Å². The van der Waals surface area contributed by atoms with E-state index in [-0.39, 0.29) is 11.9 Å². The Morgan fingerprint density at radius 1 is 1.11 bits per heavy atom. The van der Waals surface area contributed by atoms with Crippen LogP contribution in [0.2, 0.25) is 10.0 Å². The quantitative estimate of drug-likeness (QED) is 0.862. The highest BCUT2D eigenvalue weighted by molar-refractivity contribution is 6.31. The SMILES string of the molecule is CNC(c1ccc(Cl)cc1F)c1cccc(Cl)c1C. The van der Waals surface area contributed by atoms with E-state index in [4.69, 9.17) is 23.2 Å². The van der Waals surface area contributed by atoms with Crippen molar-refractivity contribution in [2.75, 3.05) is 7.05 Å². The molecule has 0 amide bonds. The first-order valence-corrected chi connectivity index (χ1v) is 6.67. The maximum absolute atomic E-state index is 14.0. The average Bonchev–Trinajstić information content (AvgIpc) is 2.37. The smallest absolute Gasteiger partial charge is 0.129 e. The maximum Gasteiger partial charge on any atom is 0.129 e. The lowest BCUT2D eigenvalue weighted by atomic mass is 9.95. The van der Waals surface area contributed by atoms with E-state index in [1.54, 1.807) is 19.2 Å². The third kappa shape index (κ3) is 2.92. The van der Waals surface area contributed by atoms with Crippen LogP contribution in [-0.4, -0.2) is 7.05 Å². The highest BCUT2D eigenvalue weighted by Crippen LogP contribution is 2.30. The number of hydrogen-bond acceptors (Lipinski definition) is 1. The molecule has 0 aromatic heterocycles. The van der Waals surface area contributed by atoms with Crippen molar-refractivity contribution in [3.8, 4) is 0 Å². The Kier molecular flexibility index (Phi) is 4.46. The standard InChI is InChI=1S/C15H14Cl2FN/c1-9-11(4-3-5-13(9)17)15(19-2)12-7-6-10(16)8-14(12)18/h3-8,15,19H,1-2H3. The van der Waals surface area contributed by atoms with Crippen molar-refractivity contribution in [1.82, 2.24) is 5.32 Å². The second-order valence-electron chi connectivity index (χ2n) is 4.34. The van der Waals surface area contributed by atoms with Crippen LogP contribution in [0.1, 0.15) is 22.7 Å². The van der Waals surface area contributed by atoms with E-state index in [9.17, 15) is 4.39 Å². The molecule has 2 aromatic rings. The molecule has 0 aliphatic heterocycles. The Labute approximate surface area is 122 Å². The van der Waals surface area contributed by atoms with Gasteiger partial charge in [0.05, 0.1) is 6.04 Å². The fourth-order valence-corrected chi connectivity index (χ4v) is 2.49. The number of halogens is 3. The van der Waals surface area contributed by atoms with Crippen molar-refractivity contribution in [2.24, 2.45) is 0 Å². The van der Waals surface area contributed by atoms with Gasteiger partial charge in [-0.05, 0) is 43.3 Å². The van der Waals surface area contributed by atoms with E-state index < -0.39 is 0 Å². The predicted molar refractivity (Wildman–Crippen MR) is 78.5 cm³/mol. The van der Waals surface area contributed by atoms with Crippen LogP contribution >= 0.6 is 23.2 Å². The number of nitrogens with one attached hydrogen (secondary N) is 1. The third-order valence-electron chi connectivity index (χ3n) is 3.18. The molecular weight excluding hydrogens is 284 g/mol. The zero-order chi connectivity index (χ0) is 14.0. The van der Waals surface area contributed by atoms with Gasteiger partial charge in [0.2, 0.25) is 0 Å². The Hall–Kier alpha value is -1.09. The normalized spacial score (nSPS) is 12.5. The molecule has 0 bridgehead atoms. The maximum atomic E-state index is 14.0. The van der Waals surface area contributed by atoms with E-state index >= 15 is 0 Å². The van der Waals surface area contributed by atoms with Crippen LogP contribution in [0.15, 0.2) is 36.4 Å². The topological polar surface area (TPSA) is 12.0 Å². The molecule has 4 heteroatoms. The monoisotopic (exact) mass is 297 g/mol. The Bertz CT molecular complexity index is 599. The Morgan fingerprint density at radius 2 is 1.84 bits per heavy atom. The zero-order valence-electron chi connectivity index (χ0n) is 10.7. The van der Waals surface area contributed by atoms with E-state index in [2.05, 4.69) is 5.32 Å². The minimum Gasteiger partial charge on any atom is -0.309 e. The lowest BCUT2D eigenvalue weighted by Gasteiger charge is -2.20. The minimum absolute atomic E-state index is 0.254. The summed E-state index contributed by atoms with van der Waals surface area (Å²) in [7, 11) is 1.79. The molecule has 0 spiro atoms. The molecule has 0 saturated carbocycles. The highest BCUT2D eigenvalue weighted by Gasteiger charge is 2.18. The van der Waals surface area contributed by atoms with Crippen LogP contribution in [0.3, 0.4) is 0 Å². The molecule has 0 fully saturated rings. The van der Waals surface area contributed by atoms with Gasteiger partial charge in [0.1, 0.15) is 5.82 Å². The fourth-order valence-electron chi connectivity index (χ4n) is 2.15. The van der Waals surface area contributed by atoms with Crippen LogP contribution in [0.25, 0.3) is 0 Å². The van der Waals surface area contributed by atoms with Crippen molar-refractivity contribution in [1.29, 1.82) is 0 Å². The fraction of sp³-hybridized carbons (Fsp3) is 0.200. The van der Waals surface area contributed by atoms with E-state index in [1.165, 1.54) is 6.07 Å². The summed E-state index contributed by atoms with van der Waals surface area (Å²) in [5.41, 5.74) is 2.45. The molecule has 1 N–H and O–H groups in total. The molecular formula is C15H14Cl2FN. The summed E-state index contributed by atoms with van der Waals surface area (Å²) in [6.45, 7) is 1.93. The molecule has 0 aliphatic rings.